The molecule has 6 nitrogen and oxygen atoms in total. The number of carbonyl (C=O) groups is 2. The van der Waals surface area contributed by atoms with Crippen molar-refractivity contribution in [3.05, 3.63) is 5.01 Å². The van der Waals surface area contributed by atoms with Gasteiger partial charge >= 0.3 is 0 Å². The summed E-state index contributed by atoms with van der Waals surface area (Å²) in [5, 5.41) is 12.2. The van der Waals surface area contributed by atoms with Gasteiger partial charge in [0.2, 0.25) is 16.9 Å². The van der Waals surface area contributed by atoms with Gasteiger partial charge in [-0.2, -0.15) is 0 Å². The number of piperidine rings is 1. The van der Waals surface area contributed by atoms with Gasteiger partial charge in [-0.05, 0) is 19.3 Å². The highest BCUT2D eigenvalue weighted by atomic mass is 32.1. The Kier molecular flexibility index (Phi) is 5.46. The fraction of sp³-hybridized carbons (Fsp3) is 0.692. The van der Waals surface area contributed by atoms with Crippen LogP contribution in [-0.2, 0) is 16.0 Å². The van der Waals surface area contributed by atoms with E-state index in [1.807, 2.05) is 0 Å². The molecular weight excluding hydrogens is 276 g/mol. The van der Waals surface area contributed by atoms with Crippen molar-refractivity contribution in [2.75, 3.05) is 18.4 Å². The second-order valence-corrected chi connectivity index (χ2v) is 5.99. The maximum atomic E-state index is 11.9. The fourth-order valence-corrected chi connectivity index (χ4v) is 2.89. The topological polar surface area (TPSA) is 75.2 Å². The van der Waals surface area contributed by atoms with Crippen LogP contribution < -0.4 is 5.32 Å². The molecule has 7 heteroatoms. The number of unbranched alkanes of at least 4 members (excludes halogenated alkanes) is 1. The highest BCUT2D eigenvalue weighted by Crippen LogP contribution is 2.17. The van der Waals surface area contributed by atoms with Gasteiger partial charge < -0.3 is 4.90 Å². The van der Waals surface area contributed by atoms with E-state index in [1.54, 1.807) is 4.90 Å². The summed E-state index contributed by atoms with van der Waals surface area (Å²) < 4.78 is 0. The zero-order chi connectivity index (χ0) is 14.4. The van der Waals surface area contributed by atoms with Crippen molar-refractivity contribution in [1.82, 2.24) is 15.1 Å². The molecule has 1 aromatic heterocycles. The lowest BCUT2D eigenvalue weighted by molar-refractivity contribution is -0.136. The van der Waals surface area contributed by atoms with E-state index in [-0.39, 0.29) is 18.4 Å². The van der Waals surface area contributed by atoms with Crippen molar-refractivity contribution in [2.45, 2.75) is 45.4 Å². The zero-order valence-electron chi connectivity index (χ0n) is 11.7. The van der Waals surface area contributed by atoms with Gasteiger partial charge in [-0.3, -0.25) is 14.9 Å². The Morgan fingerprint density at radius 1 is 1.40 bits per heavy atom. The first-order valence-corrected chi connectivity index (χ1v) is 7.90. The molecule has 1 aliphatic heterocycles. The van der Waals surface area contributed by atoms with Gasteiger partial charge in [-0.1, -0.05) is 24.7 Å². The average molecular weight is 296 g/mol. The molecule has 1 aromatic rings. The van der Waals surface area contributed by atoms with Crippen molar-refractivity contribution in [1.29, 1.82) is 0 Å². The number of nitrogens with zero attached hydrogens (tertiary/aromatic N) is 3. The Bertz CT molecular complexity index is 475. The van der Waals surface area contributed by atoms with E-state index >= 15 is 0 Å². The van der Waals surface area contributed by atoms with Crippen LogP contribution in [-0.4, -0.2) is 40.0 Å². The molecule has 1 saturated heterocycles. The van der Waals surface area contributed by atoms with E-state index in [2.05, 4.69) is 22.4 Å². The molecule has 20 heavy (non-hydrogen) atoms. The van der Waals surface area contributed by atoms with E-state index in [0.717, 1.165) is 37.1 Å². The van der Waals surface area contributed by atoms with Crippen molar-refractivity contribution >= 4 is 28.3 Å². The summed E-state index contributed by atoms with van der Waals surface area (Å²) in [6, 6.07) is 0. The van der Waals surface area contributed by atoms with E-state index in [4.69, 9.17) is 0 Å². The number of hydrogen-bond acceptors (Lipinski definition) is 5. The van der Waals surface area contributed by atoms with E-state index in [1.165, 1.54) is 11.3 Å². The molecule has 0 unspecified atom stereocenters. The van der Waals surface area contributed by atoms with Crippen LogP contribution in [0.25, 0.3) is 0 Å². The van der Waals surface area contributed by atoms with Crippen molar-refractivity contribution in [3.8, 4) is 0 Å². The van der Waals surface area contributed by atoms with E-state index in [0.29, 0.717) is 18.1 Å². The number of anilines is 1. The van der Waals surface area contributed by atoms with Crippen molar-refractivity contribution < 1.29 is 9.59 Å². The second kappa shape index (κ2) is 7.33. The Hall–Kier alpha value is -1.50. The molecule has 0 atom stereocenters. The molecule has 2 heterocycles. The summed E-state index contributed by atoms with van der Waals surface area (Å²) in [6.07, 6.45) is 5.53. The summed E-state index contributed by atoms with van der Waals surface area (Å²) in [5.41, 5.74) is 0. The summed E-state index contributed by atoms with van der Waals surface area (Å²) in [5.74, 6) is -0.134. The normalized spacial score (nSPS) is 15.4. The maximum absolute atomic E-state index is 11.9. The molecule has 1 fully saturated rings. The number of nitrogens with one attached hydrogen (secondary N) is 1. The third kappa shape index (κ3) is 4.26. The Labute approximate surface area is 122 Å². The predicted octanol–water partition coefficient (Wildman–Crippen LogP) is 1.83. The van der Waals surface area contributed by atoms with Gasteiger partial charge in [0.25, 0.3) is 0 Å². The lowest BCUT2D eigenvalue weighted by Crippen LogP contribution is -2.40. The van der Waals surface area contributed by atoms with Crippen LogP contribution in [0.4, 0.5) is 5.13 Å². The summed E-state index contributed by atoms with van der Waals surface area (Å²) >= 11 is 1.41. The summed E-state index contributed by atoms with van der Waals surface area (Å²) in [4.78, 5) is 25.1. The number of rotatable bonds is 6. The molecule has 110 valence electrons. The lowest BCUT2D eigenvalue weighted by atomic mass is 10.1. The summed E-state index contributed by atoms with van der Waals surface area (Å²) in [6.45, 7) is 2.91. The van der Waals surface area contributed by atoms with Crippen molar-refractivity contribution in [3.63, 3.8) is 0 Å². The first-order valence-electron chi connectivity index (χ1n) is 7.09. The van der Waals surface area contributed by atoms with Gasteiger partial charge in [0.05, 0.1) is 6.54 Å². The van der Waals surface area contributed by atoms with Gasteiger partial charge in [-0.25, -0.2) is 0 Å². The van der Waals surface area contributed by atoms with E-state index in [9.17, 15) is 9.59 Å². The minimum Gasteiger partial charge on any atom is -0.333 e. The second-order valence-electron chi connectivity index (χ2n) is 4.93. The largest absolute Gasteiger partial charge is 0.333 e. The Morgan fingerprint density at radius 2 is 2.25 bits per heavy atom. The number of carbonyl (C=O) groups excluding carboxylic acids is 2. The molecule has 1 aliphatic rings. The molecule has 0 bridgehead atoms. The minimum atomic E-state index is -0.196. The molecular formula is C13H20N4O2S. The predicted molar refractivity (Wildman–Crippen MR) is 77.6 cm³/mol. The van der Waals surface area contributed by atoms with Gasteiger partial charge in [-0.15, -0.1) is 10.2 Å². The van der Waals surface area contributed by atoms with Crippen molar-refractivity contribution in [2.24, 2.45) is 0 Å². The quantitative estimate of drug-likeness (QED) is 0.869. The smallest absolute Gasteiger partial charge is 0.245 e. The Morgan fingerprint density at radius 3 is 3.00 bits per heavy atom. The van der Waals surface area contributed by atoms with E-state index < -0.39 is 0 Å². The molecule has 0 radical (unpaired) electrons. The number of amides is 2. The minimum absolute atomic E-state index is 0.0623. The van der Waals surface area contributed by atoms with Crippen LogP contribution >= 0.6 is 11.3 Å². The molecule has 2 rings (SSSR count). The molecule has 2 amide bonds. The standard InChI is InChI=1S/C13H20N4O2S/c1-2-3-6-11-15-16-13(20-11)14-10(18)9-17-8-5-4-7-12(17)19/h2-9H2,1H3,(H,14,16,18). The third-order valence-electron chi connectivity index (χ3n) is 3.21. The van der Waals surface area contributed by atoms with Crippen LogP contribution in [0, 0.1) is 0 Å². The highest BCUT2D eigenvalue weighted by Gasteiger charge is 2.20. The van der Waals surface area contributed by atoms with Gasteiger partial charge in [0, 0.05) is 19.4 Å². The molecule has 0 saturated carbocycles. The van der Waals surface area contributed by atoms with Gasteiger partial charge in [0.1, 0.15) is 5.01 Å². The van der Waals surface area contributed by atoms with Gasteiger partial charge in [0.15, 0.2) is 0 Å². The first-order chi connectivity index (χ1) is 9.69. The monoisotopic (exact) mass is 296 g/mol. The molecule has 0 aliphatic carbocycles. The molecule has 0 aromatic carbocycles. The van der Waals surface area contributed by atoms with Crippen LogP contribution in [0.2, 0.25) is 0 Å². The zero-order valence-corrected chi connectivity index (χ0v) is 12.5. The molecule has 0 spiro atoms. The van der Waals surface area contributed by atoms with Crippen LogP contribution in [0.15, 0.2) is 0 Å². The average Bonchev–Trinajstić information content (AvgIpc) is 2.86. The summed E-state index contributed by atoms with van der Waals surface area (Å²) in [7, 11) is 0. The lowest BCUT2D eigenvalue weighted by Gasteiger charge is -2.25. The van der Waals surface area contributed by atoms with Crippen LogP contribution in [0.5, 0.6) is 0 Å². The number of aryl methyl sites for hydroxylation is 1. The highest BCUT2D eigenvalue weighted by molar-refractivity contribution is 7.15. The fourth-order valence-electron chi connectivity index (χ4n) is 2.09. The van der Waals surface area contributed by atoms with Crippen LogP contribution in [0.1, 0.15) is 44.0 Å². The SMILES string of the molecule is CCCCc1nnc(NC(=O)CN2CCCCC2=O)s1. The number of hydrogen-bond donors (Lipinski definition) is 1. The molecule has 1 N–H and O–H groups in total. The first kappa shape index (κ1) is 14.9. The number of aromatic nitrogens is 2. The third-order valence-corrected chi connectivity index (χ3v) is 4.11. The Balaban J connectivity index is 1.81. The van der Waals surface area contributed by atoms with Crippen LogP contribution in [0.3, 0.4) is 0 Å². The number of likely N-dealkylation sites (tertiary alicyclic amines) is 1. The maximum Gasteiger partial charge on any atom is 0.245 e.